The maximum atomic E-state index is 12.5. The zero-order chi connectivity index (χ0) is 16.5. The van der Waals surface area contributed by atoms with Gasteiger partial charge in [0, 0.05) is 24.0 Å². The van der Waals surface area contributed by atoms with Crippen LogP contribution < -0.4 is 4.74 Å². The van der Waals surface area contributed by atoms with Crippen molar-refractivity contribution in [1.29, 1.82) is 0 Å². The van der Waals surface area contributed by atoms with Crippen LogP contribution in [0.4, 0.5) is 0 Å². The number of aromatic nitrogens is 1. The number of carbonyl (C=O) groups excluding carboxylic acids is 1. The minimum absolute atomic E-state index is 0.0878. The van der Waals surface area contributed by atoms with Crippen LogP contribution in [0.15, 0.2) is 48.5 Å². The van der Waals surface area contributed by atoms with Crippen molar-refractivity contribution in [2.24, 2.45) is 0 Å². The van der Waals surface area contributed by atoms with Gasteiger partial charge in [0.15, 0.2) is 0 Å². The van der Waals surface area contributed by atoms with Gasteiger partial charge in [0.25, 0.3) is 5.91 Å². The summed E-state index contributed by atoms with van der Waals surface area (Å²) in [6.07, 6.45) is 2.20. The van der Waals surface area contributed by atoms with E-state index in [1.165, 1.54) is 0 Å². The van der Waals surface area contributed by atoms with Crippen LogP contribution in [0.25, 0.3) is 10.9 Å². The predicted octanol–water partition coefficient (Wildman–Crippen LogP) is 4.50. The molecule has 2 heterocycles. The monoisotopic (exact) mass is 320 g/mol. The molecular weight excluding hydrogens is 300 g/mol. The van der Waals surface area contributed by atoms with Crippen molar-refractivity contribution in [3.05, 3.63) is 59.8 Å². The Morgan fingerprint density at radius 2 is 1.83 bits per heavy atom. The number of likely N-dealkylation sites (tertiary alicyclic amines) is 1. The van der Waals surface area contributed by atoms with Crippen molar-refractivity contribution < 1.29 is 9.53 Å². The predicted molar refractivity (Wildman–Crippen MR) is 94.7 cm³/mol. The van der Waals surface area contributed by atoms with Gasteiger partial charge in [-0.2, -0.15) is 0 Å². The van der Waals surface area contributed by atoms with Crippen LogP contribution >= 0.6 is 0 Å². The molecule has 0 bridgehead atoms. The van der Waals surface area contributed by atoms with Crippen molar-refractivity contribution in [3.63, 3.8) is 0 Å². The molecule has 1 fully saturated rings. The number of H-pyrrole nitrogens is 1. The third kappa shape index (κ3) is 2.87. The number of benzene rings is 2. The van der Waals surface area contributed by atoms with Gasteiger partial charge in [-0.3, -0.25) is 4.79 Å². The second-order valence-corrected chi connectivity index (χ2v) is 6.35. The van der Waals surface area contributed by atoms with Gasteiger partial charge in [0.2, 0.25) is 0 Å². The van der Waals surface area contributed by atoms with E-state index in [2.05, 4.69) is 4.98 Å². The van der Waals surface area contributed by atoms with Crippen LogP contribution in [0.2, 0.25) is 0 Å². The molecular formula is C20H20N2O2. The van der Waals surface area contributed by atoms with E-state index in [4.69, 9.17) is 4.74 Å². The first-order valence-corrected chi connectivity index (χ1v) is 8.36. The molecule has 24 heavy (non-hydrogen) atoms. The van der Waals surface area contributed by atoms with Crippen LogP contribution in [0.5, 0.6) is 11.5 Å². The van der Waals surface area contributed by atoms with Gasteiger partial charge >= 0.3 is 0 Å². The number of fused-ring (bicyclic) bond motifs is 1. The number of ether oxygens (including phenoxy) is 1. The Balaban J connectivity index is 1.60. The van der Waals surface area contributed by atoms with Crippen LogP contribution in [0.3, 0.4) is 0 Å². The lowest BCUT2D eigenvalue weighted by atomic mass is 10.2. The van der Waals surface area contributed by atoms with E-state index in [1.807, 2.05) is 60.4 Å². The lowest BCUT2D eigenvalue weighted by molar-refractivity contribution is 0.0788. The van der Waals surface area contributed by atoms with Gasteiger partial charge in [-0.25, -0.2) is 0 Å². The summed E-state index contributed by atoms with van der Waals surface area (Å²) in [5.41, 5.74) is 2.77. The summed E-state index contributed by atoms with van der Waals surface area (Å²) in [6.45, 7) is 3.75. The molecule has 0 radical (unpaired) electrons. The zero-order valence-electron chi connectivity index (χ0n) is 13.7. The highest BCUT2D eigenvalue weighted by atomic mass is 16.5. The van der Waals surface area contributed by atoms with Gasteiger partial charge in [0.1, 0.15) is 17.2 Å². The number of nitrogens with zero attached hydrogens (tertiary/aromatic N) is 1. The summed E-state index contributed by atoms with van der Waals surface area (Å²) in [6, 6.07) is 15.7. The molecule has 4 heteroatoms. The summed E-state index contributed by atoms with van der Waals surface area (Å²) < 4.78 is 5.93. The van der Waals surface area contributed by atoms with Crippen LogP contribution in [0, 0.1) is 6.92 Å². The molecule has 0 unspecified atom stereocenters. The number of carbonyl (C=O) groups is 1. The molecule has 2 aromatic carbocycles. The van der Waals surface area contributed by atoms with E-state index >= 15 is 0 Å². The lowest BCUT2D eigenvalue weighted by Crippen LogP contribution is -2.27. The number of aryl methyl sites for hydroxylation is 1. The Morgan fingerprint density at radius 1 is 1.04 bits per heavy atom. The number of aromatic amines is 1. The molecule has 0 spiro atoms. The summed E-state index contributed by atoms with van der Waals surface area (Å²) in [7, 11) is 0. The Labute approximate surface area is 141 Å². The second-order valence-electron chi connectivity index (χ2n) is 6.35. The van der Waals surface area contributed by atoms with E-state index in [0.29, 0.717) is 5.69 Å². The highest BCUT2D eigenvalue weighted by Crippen LogP contribution is 2.27. The molecule has 1 amide bonds. The third-order valence-electron chi connectivity index (χ3n) is 4.44. The van der Waals surface area contributed by atoms with E-state index in [9.17, 15) is 4.79 Å². The molecule has 4 rings (SSSR count). The standard InChI is InChI=1S/C20H20N2O2/c1-14-5-4-6-16(11-14)24-17-7-8-18-15(12-17)13-19(21-18)20(23)22-9-2-3-10-22/h4-8,11-13,21H,2-3,9-10H2,1H3. The fourth-order valence-electron chi connectivity index (χ4n) is 3.19. The third-order valence-corrected chi connectivity index (χ3v) is 4.44. The normalized spacial score (nSPS) is 14.3. The SMILES string of the molecule is Cc1cccc(Oc2ccc3[nH]c(C(=O)N4CCCC4)cc3c2)c1. The summed E-state index contributed by atoms with van der Waals surface area (Å²) in [4.78, 5) is 17.6. The van der Waals surface area contributed by atoms with E-state index < -0.39 is 0 Å². The maximum absolute atomic E-state index is 12.5. The lowest BCUT2D eigenvalue weighted by Gasteiger charge is -2.13. The topological polar surface area (TPSA) is 45.3 Å². The summed E-state index contributed by atoms with van der Waals surface area (Å²) in [5, 5.41) is 0.989. The minimum atomic E-state index is 0.0878. The smallest absolute Gasteiger partial charge is 0.270 e. The average Bonchev–Trinajstić information content (AvgIpc) is 3.23. The van der Waals surface area contributed by atoms with Crippen LogP contribution in [-0.2, 0) is 0 Å². The molecule has 1 N–H and O–H groups in total. The largest absolute Gasteiger partial charge is 0.457 e. The van der Waals surface area contributed by atoms with Crippen LogP contribution in [-0.4, -0.2) is 28.9 Å². The number of hydrogen-bond donors (Lipinski definition) is 1. The number of hydrogen-bond acceptors (Lipinski definition) is 2. The van der Waals surface area contributed by atoms with E-state index in [1.54, 1.807) is 0 Å². The number of rotatable bonds is 3. The molecule has 1 aromatic heterocycles. The fraction of sp³-hybridized carbons (Fsp3) is 0.250. The quantitative estimate of drug-likeness (QED) is 0.772. The number of amides is 1. The highest BCUT2D eigenvalue weighted by Gasteiger charge is 2.21. The van der Waals surface area contributed by atoms with Crippen molar-refractivity contribution in [3.8, 4) is 11.5 Å². The molecule has 1 aliphatic rings. The first kappa shape index (κ1) is 14.8. The van der Waals surface area contributed by atoms with Crippen molar-refractivity contribution >= 4 is 16.8 Å². The van der Waals surface area contributed by atoms with Crippen molar-refractivity contribution in [1.82, 2.24) is 9.88 Å². The van der Waals surface area contributed by atoms with Gasteiger partial charge in [-0.1, -0.05) is 12.1 Å². The molecule has 3 aromatic rings. The van der Waals surface area contributed by atoms with Crippen molar-refractivity contribution in [2.45, 2.75) is 19.8 Å². The van der Waals surface area contributed by atoms with Gasteiger partial charge < -0.3 is 14.6 Å². The molecule has 0 saturated carbocycles. The number of nitrogens with one attached hydrogen (secondary N) is 1. The molecule has 1 aliphatic heterocycles. The first-order chi connectivity index (χ1) is 11.7. The average molecular weight is 320 g/mol. The Kier molecular flexibility index (Phi) is 3.73. The molecule has 4 nitrogen and oxygen atoms in total. The van der Waals surface area contributed by atoms with Gasteiger partial charge in [-0.05, 0) is 61.7 Å². The molecule has 0 atom stereocenters. The minimum Gasteiger partial charge on any atom is -0.457 e. The summed E-state index contributed by atoms with van der Waals surface area (Å²) >= 11 is 0. The molecule has 0 aliphatic carbocycles. The second kappa shape index (κ2) is 6.04. The molecule has 1 saturated heterocycles. The fourth-order valence-corrected chi connectivity index (χ4v) is 3.19. The first-order valence-electron chi connectivity index (χ1n) is 8.36. The van der Waals surface area contributed by atoms with Crippen LogP contribution in [0.1, 0.15) is 28.9 Å². The van der Waals surface area contributed by atoms with Gasteiger partial charge in [0.05, 0.1) is 0 Å². The van der Waals surface area contributed by atoms with E-state index in [-0.39, 0.29) is 5.91 Å². The Bertz CT molecular complexity index is 892. The Hall–Kier alpha value is -2.75. The van der Waals surface area contributed by atoms with Crippen molar-refractivity contribution in [2.75, 3.05) is 13.1 Å². The molecule has 122 valence electrons. The summed E-state index contributed by atoms with van der Waals surface area (Å²) in [5.74, 6) is 1.68. The maximum Gasteiger partial charge on any atom is 0.270 e. The highest BCUT2D eigenvalue weighted by molar-refractivity contribution is 5.98. The Morgan fingerprint density at radius 3 is 2.62 bits per heavy atom. The van der Waals surface area contributed by atoms with E-state index in [0.717, 1.165) is 53.9 Å². The van der Waals surface area contributed by atoms with Gasteiger partial charge in [-0.15, -0.1) is 0 Å². The zero-order valence-corrected chi connectivity index (χ0v) is 13.7.